The van der Waals surface area contributed by atoms with Crippen molar-refractivity contribution in [2.75, 3.05) is 0 Å². The SMILES string of the molecule is CC[C@H]1S/C(=N/N=C\c2ccco2)N(Cc2ccccc2)C1=O. The van der Waals surface area contributed by atoms with Crippen LogP contribution in [0.25, 0.3) is 0 Å². The van der Waals surface area contributed by atoms with Gasteiger partial charge in [-0.2, -0.15) is 5.10 Å². The molecule has 23 heavy (non-hydrogen) atoms. The maximum Gasteiger partial charge on any atom is 0.242 e. The number of furan rings is 1. The molecule has 0 spiro atoms. The lowest BCUT2D eigenvalue weighted by atomic mass is 10.2. The number of nitrogens with zero attached hydrogens (tertiary/aromatic N) is 3. The normalized spacial score (nSPS) is 20.0. The van der Waals surface area contributed by atoms with E-state index in [9.17, 15) is 4.79 Å². The molecule has 1 aliphatic rings. The van der Waals surface area contributed by atoms with E-state index in [-0.39, 0.29) is 11.2 Å². The smallest absolute Gasteiger partial charge is 0.242 e. The highest BCUT2D eigenvalue weighted by Crippen LogP contribution is 2.30. The van der Waals surface area contributed by atoms with Gasteiger partial charge in [-0.15, -0.1) is 5.10 Å². The first-order valence-electron chi connectivity index (χ1n) is 7.44. The number of rotatable bonds is 5. The fraction of sp³-hybridized carbons (Fsp3) is 0.235. The van der Waals surface area contributed by atoms with E-state index >= 15 is 0 Å². The quantitative estimate of drug-likeness (QED) is 0.623. The van der Waals surface area contributed by atoms with Gasteiger partial charge in [0, 0.05) is 0 Å². The Balaban J connectivity index is 1.79. The Morgan fingerprint density at radius 3 is 2.78 bits per heavy atom. The molecule has 118 valence electrons. The van der Waals surface area contributed by atoms with Gasteiger partial charge in [0.1, 0.15) is 5.76 Å². The molecule has 1 aliphatic heterocycles. The van der Waals surface area contributed by atoms with Crippen LogP contribution in [0, 0.1) is 0 Å². The Bertz CT molecular complexity index is 711. The molecule has 1 amide bonds. The van der Waals surface area contributed by atoms with Crippen LogP contribution >= 0.6 is 11.8 Å². The molecule has 0 N–H and O–H groups in total. The molecule has 1 aromatic carbocycles. The first kappa shape index (κ1) is 15.6. The molecule has 0 bridgehead atoms. The molecule has 0 radical (unpaired) electrons. The topological polar surface area (TPSA) is 58.2 Å². The number of benzene rings is 1. The summed E-state index contributed by atoms with van der Waals surface area (Å²) in [6.07, 6.45) is 3.89. The maximum atomic E-state index is 12.5. The molecule has 1 saturated heterocycles. The van der Waals surface area contributed by atoms with Crippen LogP contribution in [0.3, 0.4) is 0 Å². The summed E-state index contributed by atoms with van der Waals surface area (Å²) >= 11 is 1.47. The third-order valence-corrected chi connectivity index (χ3v) is 4.78. The van der Waals surface area contributed by atoms with Crippen LogP contribution in [0.5, 0.6) is 0 Å². The predicted molar refractivity (Wildman–Crippen MR) is 92.4 cm³/mol. The van der Waals surface area contributed by atoms with Crippen molar-refractivity contribution in [3.63, 3.8) is 0 Å². The zero-order valence-electron chi connectivity index (χ0n) is 12.8. The molecule has 1 aromatic heterocycles. The third-order valence-electron chi connectivity index (χ3n) is 3.45. The Labute approximate surface area is 139 Å². The van der Waals surface area contributed by atoms with Gasteiger partial charge in [0.15, 0.2) is 5.17 Å². The summed E-state index contributed by atoms with van der Waals surface area (Å²) in [6.45, 7) is 2.52. The standard InChI is InChI=1S/C17H17N3O2S/c1-2-15-16(21)20(12-13-7-4-3-5-8-13)17(23-15)19-18-11-14-9-6-10-22-14/h3-11,15H,2,12H2,1H3/b18-11-,19-17+/t15-/m1/s1. The number of hydrogen-bond acceptors (Lipinski definition) is 5. The van der Waals surface area contributed by atoms with Gasteiger partial charge < -0.3 is 4.42 Å². The maximum absolute atomic E-state index is 12.5. The molecular weight excluding hydrogens is 310 g/mol. The van der Waals surface area contributed by atoms with Crippen LogP contribution < -0.4 is 0 Å². The van der Waals surface area contributed by atoms with E-state index in [1.807, 2.05) is 37.3 Å². The van der Waals surface area contributed by atoms with E-state index in [0.717, 1.165) is 12.0 Å². The number of hydrogen-bond donors (Lipinski definition) is 0. The number of amides is 1. The highest BCUT2D eigenvalue weighted by Gasteiger charge is 2.36. The molecule has 2 heterocycles. The van der Waals surface area contributed by atoms with Crippen molar-refractivity contribution in [1.29, 1.82) is 0 Å². The Kier molecular flexibility index (Phi) is 4.92. The van der Waals surface area contributed by atoms with E-state index in [4.69, 9.17) is 4.42 Å². The summed E-state index contributed by atoms with van der Waals surface area (Å²) in [5.74, 6) is 0.721. The first-order valence-corrected chi connectivity index (χ1v) is 8.32. The number of carbonyl (C=O) groups excluding carboxylic acids is 1. The number of carbonyl (C=O) groups is 1. The number of amidine groups is 1. The molecule has 0 unspecified atom stereocenters. The van der Waals surface area contributed by atoms with E-state index in [1.54, 1.807) is 23.3 Å². The van der Waals surface area contributed by atoms with Gasteiger partial charge in [-0.1, -0.05) is 49.0 Å². The van der Waals surface area contributed by atoms with Gasteiger partial charge in [-0.25, -0.2) is 0 Å². The lowest BCUT2D eigenvalue weighted by Gasteiger charge is -2.15. The van der Waals surface area contributed by atoms with Crippen LogP contribution in [0.15, 0.2) is 63.3 Å². The fourth-order valence-electron chi connectivity index (χ4n) is 2.26. The summed E-state index contributed by atoms with van der Waals surface area (Å²) in [6, 6.07) is 13.5. The zero-order valence-corrected chi connectivity index (χ0v) is 13.6. The van der Waals surface area contributed by atoms with Crippen LogP contribution in [-0.4, -0.2) is 27.4 Å². The van der Waals surface area contributed by atoms with Crippen molar-refractivity contribution in [3.8, 4) is 0 Å². The highest BCUT2D eigenvalue weighted by molar-refractivity contribution is 8.15. The van der Waals surface area contributed by atoms with Crippen LogP contribution in [0.4, 0.5) is 0 Å². The lowest BCUT2D eigenvalue weighted by Crippen LogP contribution is -2.31. The van der Waals surface area contributed by atoms with Crippen molar-refractivity contribution in [2.24, 2.45) is 10.2 Å². The van der Waals surface area contributed by atoms with E-state index in [0.29, 0.717) is 17.5 Å². The van der Waals surface area contributed by atoms with Gasteiger partial charge in [0.05, 0.1) is 24.3 Å². The minimum atomic E-state index is -0.0868. The number of thioether (sulfide) groups is 1. The first-order chi connectivity index (χ1) is 11.3. The molecule has 0 aliphatic carbocycles. The zero-order chi connectivity index (χ0) is 16.1. The second kappa shape index (κ2) is 7.28. The molecule has 5 nitrogen and oxygen atoms in total. The second-order valence-electron chi connectivity index (χ2n) is 5.07. The fourth-order valence-corrected chi connectivity index (χ4v) is 3.28. The largest absolute Gasteiger partial charge is 0.463 e. The minimum Gasteiger partial charge on any atom is -0.463 e. The summed E-state index contributed by atoms with van der Waals surface area (Å²) in [4.78, 5) is 14.2. The average Bonchev–Trinajstić information content (AvgIpc) is 3.19. The Hall–Kier alpha value is -2.34. The molecule has 0 saturated carbocycles. The van der Waals surface area contributed by atoms with Crippen molar-refractivity contribution in [3.05, 3.63) is 60.1 Å². The van der Waals surface area contributed by atoms with Crippen molar-refractivity contribution in [2.45, 2.75) is 25.1 Å². The summed E-state index contributed by atoms with van der Waals surface area (Å²) in [5, 5.41) is 8.81. The summed E-state index contributed by atoms with van der Waals surface area (Å²) in [7, 11) is 0. The molecule has 1 atom stereocenters. The molecule has 6 heteroatoms. The van der Waals surface area contributed by atoms with Crippen molar-refractivity contribution >= 4 is 29.1 Å². The van der Waals surface area contributed by atoms with E-state index in [1.165, 1.54) is 18.0 Å². The highest BCUT2D eigenvalue weighted by atomic mass is 32.2. The van der Waals surface area contributed by atoms with Crippen LogP contribution in [0.2, 0.25) is 0 Å². The van der Waals surface area contributed by atoms with E-state index in [2.05, 4.69) is 10.2 Å². The Morgan fingerprint density at radius 1 is 1.26 bits per heavy atom. The van der Waals surface area contributed by atoms with Crippen LogP contribution in [-0.2, 0) is 11.3 Å². The lowest BCUT2D eigenvalue weighted by molar-refractivity contribution is -0.126. The van der Waals surface area contributed by atoms with E-state index < -0.39 is 0 Å². The van der Waals surface area contributed by atoms with Gasteiger partial charge >= 0.3 is 0 Å². The predicted octanol–water partition coefficient (Wildman–Crippen LogP) is 3.52. The van der Waals surface area contributed by atoms with Gasteiger partial charge in [0.25, 0.3) is 0 Å². The van der Waals surface area contributed by atoms with Gasteiger partial charge in [0.2, 0.25) is 5.91 Å². The van der Waals surface area contributed by atoms with Gasteiger partial charge in [-0.05, 0) is 24.1 Å². The van der Waals surface area contributed by atoms with Gasteiger partial charge in [-0.3, -0.25) is 9.69 Å². The third kappa shape index (κ3) is 3.71. The van der Waals surface area contributed by atoms with Crippen LogP contribution in [0.1, 0.15) is 24.7 Å². The second-order valence-corrected chi connectivity index (χ2v) is 6.24. The van der Waals surface area contributed by atoms with Crippen molar-refractivity contribution < 1.29 is 9.21 Å². The monoisotopic (exact) mass is 327 g/mol. The van der Waals surface area contributed by atoms with Crippen molar-refractivity contribution in [1.82, 2.24) is 4.90 Å². The Morgan fingerprint density at radius 2 is 2.09 bits per heavy atom. The minimum absolute atomic E-state index is 0.0868. The molecule has 3 rings (SSSR count). The summed E-state index contributed by atoms with van der Waals surface area (Å²) < 4.78 is 5.18. The average molecular weight is 327 g/mol. The summed E-state index contributed by atoms with van der Waals surface area (Å²) in [5.41, 5.74) is 1.07. The molecule has 1 fully saturated rings. The molecular formula is C17H17N3O2S. The molecule has 2 aromatic rings.